The topological polar surface area (TPSA) is 32.3 Å². The third-order valence-corrected chi connectivity index (χ3v) is 3.61. The summed E-state index contributed by atoms with van der Waals surface area (Å²) < 4.78 is 0. The van der Waals surface area contributed by atoms with Crippen molar-refractivity contribution in [1.82, 2.24) is 5.32 Å². The van der Waals surface area contributed by atoms with E-state index < -0.39 is 0 Å². The minimum atomic E-state index is -0.166. The van der Waals surface area contributed by atoms with Crippen molar-refractivity contribution in [1.29, 1.82) is 0 Å². The second-order valence-electron chi connectivity index (χ2n) is 4.52. The molecule has 2 aromatic rings. The van der Waals surface area contributed by atoms with E-state index >= 15 is 0 Å². The molecule has 0 aromatic heterocycles. The molecule has 1 N–H and O–H groups in total. The summed E-state index contributed by atoms with van der Waals surface area (Å²) >= 11 is 11.1. The Balaban J connectivity index is 1.92. The van der Waals surface area contributed by atoms with Gasteiger partial charge in [-0.15, -0.1) is 0 Å². The van der Waals surface area contributed by atoms with Crippen LogP contribution >= 0.6 is 23.8 Å². The number of hydrogen-bond donors (Lipinski definition) is 1. The Morgan fingerprint density at radius 1 is 1.05 bits per heavy atom. The highest BCUT2D eigenvalue weighted by molar-refractivity contribution is 7.80. The third kappa shape index (κ3) is 2.82. The third-order valence-electron chi connectivity index (χ3n) is 3.07. The van der Waals surface area contributed by atoms with Gasteiger partial charge >= 0.3 is 0 Å². The van der Waals surface area contributed by atoms with Crippen LogP contribution in [-0.2, 0) is 4.79 Å². The summed E-state index contributed by atoms with van der Waals surface area (Å²) in [6.45, 7) is 0. The molecular formula is C16H11ClN2OS. The molecule has 5 heteroatoms. The molecule has 1 fully saturated rings. The van der Waals surface area contributed by atoms with E-state index in [9.17, 15) is 4.79 Å². The second kappa shape index (κ2) is 5.68. The summed E-state index contributed by atoms with van der Waals surface area (Å²) in [5.74, 6) is -0.166. The van der Waals surface area contributed by atoms with Crippen molar-refractivity contribution in [2.45, 2.75) is 0 Å². The summed E-state index contributed by atoms with van der Waals surface area (Å²) in [6.07, 6.45) is 1.76. The zero-order chi connectivity index (χ0) is 14.8. The summed E-state index contributed by atoms with van der Waals surface area (Å²) in [5, 5.41) is 3.99. The maximum absolute atomic E-state index is 12.5. The minimum Gasteiger partial charge on any atom is -0.327 e. The highest BCUT2D eigenvalue weighted by atomic mass is 35.5. The first kappa shape index (κ1) is 13.8. The van der Waals surface area contributed by atoms with E-state index in [0.29, 0.717) is 15.8 Å². The number of carbonyl (C=O) groups is 1. The van der Waals surface area contributed by atoms with Gasteiger partial charge in [0.05, 0.1) is 5.69 Å². The summed E-state index contributed by atoms with van der Waals surface area (Å²) in [6, 6.07) is 16.6. The van der Waals surface area contributed by atoms with Crippen LogP contribution in [0.4, 0.5) is 5.69 Å². The van der Waals surface area contributed by atoms with Gasteiger partial charge in [-0.2, -0.15) is 0 Å². The Bertz CT molecular complexity index is 726. The van der Waals surface area contributed by atoms with Gasteiger partial charge in [-0.05, 0) is 48.1 Å². The fourth-order valence-electron chi connectivity index (χ4n) is 2.07. The Labute approximate surface area is 132 Å². The lowest BCUT2D eigenvalue weighted by Gasteiger charge is -2.13. The molecule has 1 heterocycles. The van der Waals surface area contributed by atoms with Crippen LogP contribution in [0.1, 0.15) is 5.56 Å². The van der Waals surface area contributed by atoms with E-state index in [-0.39, 0.29) is 5.91 Å². The molecule has 0 bridgehead atoms. The van der Waals surface area contributed by atoms with E-state index in [2.05, 4.69) is 5.32 Å². The Hall–Kier alpha value is -2.17. The molecule has 1 saturated heterocycles. The molecular weight excluding hydrogens is 304 g/mol. The van der Waals surface area contributed by atoms with Gasteiger partial charge in [0.1, 0.15) is 5.70 Å². The fourth-order valence-corrected chi connectivity index (χ4v) is 2.50. The lowest BCUT2D eigenvalue weighted by molar-refractivity contribution is -0.113. The van der Waals surface area contributed by atoms with Crippen LogP contribution in [-0.4, -0.2) is 11.0 Å². The summed E-state index contributed by atoms with van der Waals surface area (Å²) in [5.41, 5.74) is 2.08. The molecule has 0 radical (unpaired) electrons. The van der Waals surface area contributed by atoms with Crippen LogP contribution in [0.2, 0.25) is 5.02 Å². The number of hydrogen-bond acceptors (Lipinski definition) is 2. The molecule has 104 valence electrons. The molecule has 1 aliphatic heterocycles. The van der Waals surface area contributed by atoms with Crippen molar-refractivity contribution in [2.75, 3.05) is 4.90 Å². The van der Waals surface area contributed by atoms with E-state index in [1.165, 1.54) is 4.90 Å². The molecule has 0 spiro atoms. The average Bonchev–Trinajstić information content (AvgIpc) is 2.77. The number of amides is 1. The van der Waals surface area contributed by atoms with Gasteiger partial charge in [0.25, 0.3) is 5.91 Å². The predicted molar refractivity (Wildman–Crippen MR) is 89.1 cm³/mol. The Morgan fingerprint density at radius 2 is 1.71 bits per heavy atom. The van der Waals surface area contributed by atoms with Crippen molar-refractivity contribution in [2.24, 2.45) is 0 Å². The standard InChI is InChI=1S/C16H11ClN2OS/c17-12-8-6-11(7-9-12)10-14-15(20)19(16(21)18-14)13-4-2-1-3-5-13/h1-10H,(H,18,21)/b14-10+. The van der Waals surface area contributed by atoms with Crippen molar-refractivity contribution < 1.29 is 4.79 Å². The Morgan fingerprint density at radius 3 is 2.38 bits per heavy atom. The first-order chi connectivity index (χ1) is 10.1. The fraction of sp³-hybridized carbons (Fsp3) is 0. The molecule has 0 aliphatic carbocycles. The molecule has 0 atom stereocenters. The lowest BCUT2D eigenvalue weighted by Crippen LogP contribution is -2.30. The number of para-hydroxylation sites is 1. The Kier molecular flexibility index (Phi) is 3.73. The average molecular weight is 315 g/mol. The van der Waals surface area contributed by atoms with Gasteiger partial charge in [0, 0.05) is 5.02 Å². The molecule has 21 heavy (non-hydrogen) atoms. The SMILES string of the molecule is O=C1/C(=C\c2ccc(Cl)cc2)NC(=S)N1c1ccccc1. The zero-order valence-corrected chi connectivity index (χ0v) is 12.5. The van der Waals surface area contributed by atoms with Crippen LogP contribution in [0, 0.1) is 0 Å². The van der Waals surface area contributed by atoms with Gasteiger partial charge in [0.2, 0.25) is 0 Å². The first-order valence-corrected chi connectivity index (χ1v) is 7.11. The maximum Gasteiger partial charge on any atom is 0.281 e. The predicted octanol–water partition coefficient (Wildman–Crippen LogP) is 3.60. The van der Waals surface area contributed by atoms with E-state index in [1.54, 1.807) is 18.2 Å². The summed E-state index contributed by atoms with van der Waals surface area (Å²) in [7, 11) is 0. The molecule has 3 nitrogen and oxygen atoms in total. The van der Waals surface area contributed by atoms with Gasteiger partial charge in [-0.25, -0.2) is 0 Å². The number of benzene rings is 2. The van der Waals surface area contributed by atoms with Crippen LogP contribution in [0.25, 0.3) is 6.08 Å². The first-order valence-electron chi connectivity index (χ1n) is 6.33. The highest BCUT2D eigenvalue weighted by Gasteiger charge is 2.31. The van der Waals surface area contributed by atoms with Crippen LogP contribution in [0.5, 0.6) is 0 Å². The number of carbonyl (C=O) groups excluding carboxylic acids is 1. The normalized spacial score (nSPS) is 16.4. The number of thiocarbonyl (C=S) groups is 1. The molecule has 1 aliphatic rings. The van der Waals surface area contributed by atoms with Crippen LogP contribution in [0.15, 0.2) is 60.3 Å². The van der Waals surface area contributed by atoms with Gasteiger partial charge in [-0.1, -0.05) is 41.9 Å². The molecule has 0 unspecified atom stereocenters. The lowest BCUT2D eigenvalue weighted by atomic mass is 10.2. The molecule has 1 amide bonds. The smallest absolute Gasteiger partial charge is 0.281 e. The molecule has 2 aromatic carbocycles. The quantitative estimate of drug-likeness (QED) is 0.679. The molecule has 3 rings (SSSR count). The van der Waals surface area contributed by atoms with Gasteiger partial charge in [0.15, 0.2) is 5.11 Å². The number of nitrogens with one attached hydrogen (secondary N) is 1. The number of nitrogens with zero attached hydrogens (tertiary/aromatic N) is 1. The van der Waals surface area contributed by atoms with Gasteiger partial charge in [-0.3, -0.25) is 9.69 Å². The number of halogens is 1. The summed E-state index contributed by atoms with van der Waals surface area (Å²) in [4.78, 5) is 14.0. The van der Waals surface area contributed by atoms with E-state index in [0.717, 1.165) is 11.3 Å². The van der Waals surface area contributed by atoms with Crippen molar-refractivity contribution in [3.63, 3.8) is 0 Å². The zero-order valence-electron chi connectivity index (χ0n) is 10.9. The van der Waals surface area contributed by atoms with Crippen LogP contribution < -0.4 is 10.2 Å². The van der Waals surface area contributed by atoms with Gasteiger partial charge < -0.3 is 5.32 Å². The number of rotatable bonds is 2. The maximum atomic E-state index is 12.5. The highest BCUT2D eigenvalue weighted by Crippen LogP contribution is 2.22. The largest absolute Gasteiger partial charge is 0.327 e. The van der Waals surface area contributed by atoms with Crippen LogP contribution in [0.3, 0.4) is 0 Å². The van der Waals surface area contributed by atoms with Crippen molar-refractivity contribution in [3.8, 4) is 0 Å². The van der Waals surface area contributed by atoms with E-state index in [4.69, 9.17) is 23.8 Å². The van der Waals surface area contributed by atoms with E-state index in [1.807, 2.05) is 42.5 Å². The molecule has 0 saturated carbocycles. The number of anilines is 1. The van der Waals surface area contributed by atoms with Crippen molar-refractivity contribution >= 4 is 46.6 Å². The second-order valence-corrected chi connectivity index (χ2v) is 5.34. The van der Waals surface area contributed by atoms with Crippen molar-refractivity contribution in [3.05, 3.63) is 70.9 Å². The monoisotopic (exact) mass is 314 g/mol. The minimum absolute atomic E-state index is 0.166.